The van der Waals surface area contributed by atoms with Gasteiger partial charge in [0, 0.05) is 11.3 Å². The van der Waals surface area contributed by atoms with Crippen molar-refractivity contribution in [2.75, 3.05) is 7.11 Å². The molecule has 0 radical (unpaired) electrons. The Hall–Kier alpha value is -2.10. The number of aromatic nitrogens is 2. The second-order valence-corrected chi connectivity index (χ2v) is 3.73. The number of rotatable bonds is 4. The van der Waals surface area contributed by atoms with Gasteiger partial charge in [0.2, 0.25) is 0 Å². The summed E-state index contributed by atoms with van der Waals surface area (Å²) in [6.07, 6.45) is 2.55. The number of nitrogens with zero attached hydrogens (tertiary/aromatic N) is 2. The molecule has 0 saturated heterocycles. The Morgan fingerprint density at radius 1 is 1.35 bits per heavy atom. The summed E-state index contributed by atoms with van der Waals surface area (Å²) in [5.74, 6) is 0.818. The molecule has 17 heavy (non-hydrogen) atoms. The van der Waals surface area contributed by atoms with Crippen molar-refractivity contribution in [3.05, 3.63) is 36.3 Å². The number of carbonyl (C=O) groups excluding carboxylic acids is 1. The van der Waals surface area contributed by atoms with E-state index >= 15 is 0 Å². The molecule has 0 saturated carbocycles. The van der Waals surface area contributed by atoms with Crippen molar-refractivity contribution < 1.29 is 9.53 Å². The number of benzene rings is 1. The van der Waals surface area contributed by atoms with E-state index in [0.717, 1.165) is 29.0 Å². The topological polar surface area (TPSA) is 44.1 Å². The van der Waals surface area contributed by atoms with E-state index in [9.17, 15) is 4.79 Å². The van der Waals surface area contributed by atoms with E-state index in [2.05, 4.69) is 4.98 Å². The third-order valence-electron chi connectivity index (χ3n) is 2.73. The predicted octanol–water partition coefficient (Wildman–Crippen LogP) is 2.07. The van der Waals surface area contributed by atoms with Crippen molar-refractivity contribution >= 4 is 6.29 Å². The lowest BCUT2D eigenvalue weighted by Gasteiger charge is -2.03. The summed E-state index contributed by atoms with van der Waals surface area (Å²) in [5.41, 5.74) is 2.91. The van der Waals surface area contributed by atoms with E-state index in [0.29, 0.717) is 6.54 Å². The fourth-order valence-electron chi connectivity index (χ4n) is 1.74. The van der Waals surface area contributed by atoms with Crippen molar-refractivity contribution in [3.63, 3.8) is 0 Å². The first kappa shape index (κ1) is 11.4. The highest BCUT2D eigenvalue weighted by Gasteiger charge is 2.08. The second kappa shape index (κ2) is 4.82. The quantitative estimate of drug-likeness (QED) is 0.755. The van der Waals surface area contributed by atoms with Gasteiger partial charge in [-0.05, 0) is 31.2 Å². The van der Waals surface area contributed by atoms with E-state index in [-0.39, 0.29) is 0 Å². The van der Waals surface area contributed by atoms with Gasteiger partial charge in [0.25, 0.3) is 0 Å². The molecule has 0 N–H and O–H groups in total. The van der Waals surface area contributed by atoms with E-state index in [1.54, 1.807) is 13.4 Å². The highest BCUT2D eigenvalue weighted by molar-refractivity contribution is 5.63. The molecule has 0 spiro atoms. The van der Waals surface area contributed by atoms with Crippen LogP contribution in [0.2, 0.25) is 0 Å². The number of ether oxygens (including phenoxy) is 1. The molecule has 4 nitrogen and oxygen atoms in total. The number of methoxy groups -OCH3 is 1. The van der Waals surface area contributed by atoms with Crippen molar-refractivity contribution in [2.24, 2.45) is 0 Å². The third kappa shape index (κ3) is 2.20. The van der Waals surface area contributed by atoms with Crippen LogP contribution in [0, 0.1) is 6.92 Å². The largest absolute Gasteiger partial charge is 0.497 e. The molecule has 0 atom stereocenters. The number of hydrogen-bond acceptors (Lipinski definition) is 3. The van der Waals surface area contributed by atoms with Gasteiger partial charge in [0.1, 0.15) is 12.0 Å². The maximum atomic E-state index is 10.5. The van der Waals surface area contributed by atoms with Gasteiger partial charge in [0.15, 0.2) is 0 Å². The van der Waals surface area contributed by atoms with E-state index in [4.69, 9.17) is 4.74 Å². The lowest BCUT2D eigenvalue weighted by molar-refractivity contribution is -0.108. The van der Waals surface area contributed by atoms with Gasteiger partial charge < -0.3 is 14.1 Å². The molecule has 4 heteroatoms. The SMILES string of the molecule is COc1ccc(-c2ncn(CC=O)c2C)cc1. The van der Waals surface area contributed by atoms with E-state index in [1.807, 2.05) is 35.8 Å². The Balaban J connectivity index is 2.35. The molecule has 0 aliphatic carbocycles. The number of imidazole rings is 1. The van der Waals surface area contributed by atoms with Crippen LogP contribution in [0.15, 0.2) is 30.6 Å². The highest BCUT2D eigenvalue weighted by atomic mass is 16.5. The number of carbonyl (C=O) groups is 1. The van der Waals surface area contributed by atoms with Gasteiger partial charge in [-0.1, -0.05) is 0 Å². The molecule has 0 aliphatic rings. The molecule has 1 heterocycles. The molecule has 2 rings (SSSR count). The van der Waals surface area contributed by atoms with Crippen LogP contribution in [-0.4, -0.2) is 22.9 Å². The van der Waals surface area contributed by atoms with Crippen LogP contribution < -0.4 is 4.74 Å². The highest BCUT2D eigenvalue weighted by Crippen LogP contribution is 2.23. The Labute approximate surface area is 99.9 Å². The summed E-state index contributed by atoms with van der Waals surface area (Å²) in [5, 5.41) is 0. The third-order valence-corrected chi connectivity index (χ3v) is 2.73. The van der Waals surface area contributed by atoms with Crippen LogP contribution in [0.1, 0.15) is 5.69 Å². The zero-order chi connectivity index (χ0) is 12.3. The number of hydrogen-bond donors (Lipinski definition) is 0. The molecule has 0 amide bonds. The minimum atomic E-state index is 0.342. The van der Waals surface area contributed by atoms with Crippen LogP contribution in [0.3, 0.4) is 0 Å². The summed E-state index contributed by atoms with van der Waals surface area (Å²) >= 11 is 0. The first-order chi connectivity index (χ1) is 8.26. The van der Waals surface area contributed by atoms with Crippen molar-refractivity contribution in [1.82, 2.24) is 9.55 Å². The fraction of sp³-hybridized carbons (Fsp3) is 0.231. The zero-order valence-electron chi connectivity index (χ0n) is 9.88. The van der Waals surface area contributed by atoms with Gasteiger partial charge in [0.05, 0.1) is 25.7 Å². The van der Waals surface area contributed by atoms with Crippen molar-refractivity contribution in [2.45, 2.75) is 13.5 Å². The van der Waals surface area contributed by atoms with Crippen LogP contribution in [0.4, 0.5) is 0 Å². The smallest absolute Gasteiger partial charge is 0.139 e. The van der Waals surface area contributed by atoms with Crippen LogP contribution in [-0.2, 0) is 11.3 Å². The van der Waals surface area contributed by atoms with Gasteiger partial charge >= 0.3 is 0 Å². The minimum Gasteiger partial charge on any atom is -0.497 e. The first-order valence-corrected chi connectivity index (χ1v) is 5.36. The van der Waals surface area contributed by atoms with Gasteiger partial charge in [-0.25, -0.2) is 4.98 Å². The number of aldehydes is 1. The standard InChI is InChI=1S/C13H14N2O2/c1-10-13(14-9-15(10)7-8-16)11-3-5-12(17-2)6-4-11/h3-6,8-9H,7H2,1-2H3. The molecule has 1 aromatic heterocycles. The molecule has 0 aliphatic heterocycles. The maximum Gasteiger partial charge on any atom is 0.139 e. The maximum absolute atomic E-state index is 10.5. The summed E-state index contributed by atoms with van der Waals surface area (Å²) in [6.45, 7) is 2.30. The molecular formula is C13H14N2O2. The molecular weight excluding hydrogens is 216 g/mol. The average molecular weight is 230 g/mol. The van der Waals surface area contributed by atoms with Crippen LogP contribution in [0.25, 0.3) is 11.3 Å². The predicted molar refractivity (Wildman–Crippen MR) is 65.0 cm³/mol. The Morgan fingerprint density at radius 3 is 2.65 bits per heavy atom. The fourth-order valence-corrected chi connectivity index (χ4v) is 1.74. The molecule has 0 bridgehead atoms. The monoisotopic (exact) mass is 230 g/mol. The average Bonchev–Trinajstić information content (AvgIpc) is 2.72. The van der Waals surface area contributed by atoms with Gasteiger partial charge in [-0.15, -0.1) is 0 Å². The summed E-state index contributed by atoms with van der Waals surface area (Å²) < 4.78 is 6.93. The normalized spacial score (nSPS) is 10.2. The van der Waals surface area contributed by atoms with Crippen molar-refractivity contribution in [3.8, 4) is 17.0 Å². The summed E-state index contributed by atoms with van der Waals surface area (Å²) in [6, 6.07) is 7.71. The van der Waals surface area contributed by atoms with E-state index < -0.39 is 0 Å². The molecule has 0 unspecified atom stereocenters. The van der Waals surface area contributed by atoms with Gasteiger partial charge in [-0.3, -0.25) is 0 Å². The van der Waals surface area contributed by atoms with E-state index in [1.165, 1.54) is 0 Å². The molecule has 1 aromatic carbocycles. The van der Waals surface area contributed by atoms with Crippen LogP contribution in [0.5, 0.6) is 5.75 Å². The Bertz CT molecular complexity index is 515. The summed E-state index contributed by atoms with van der Waals surface area (Å²) in [7, 11) is 1.64. The Kier molecular flexibility index (Phi) is 3.23. The van der Waals surface area contributed by atoms with Crippen LogP contribution >= 0.6 is 0 Å². The second-order valence-electron chi connectivity index (χ2n) is 3.73. The zero-order valence-corrected chi connectivity index (χ0v) is 9.88. The van der Waals surface area contributed by atoms with Crippen molar-refractivity contribution in [1.29, 1.82) is 0 Å². The lowest BCUT2D eigenvalue weighted by atomic mass is 10.1. The Morgan fingerprint density at radius 2 is 2.06 bits per heavy atom. The first-order valence-electron chi connectivity index (χ1n) is 5.36. The lowest BCUT2D eigenvalue weighted by Crippen LogP contribution is -1.99. The molecule has 0 fully saturated rings. The minimum absolute atomic E-state index is 0.342. The molecule has 2 aromatic rings. The molecule has 88 valence electrons. The summed E-state index contributed by atoms with van der Waals surface area (Å²) in [4.78, 5) is 14.8. The van der Waals surface area contributed by atoms with Gasteiger partial charge in [-0.2, -0.15) is 0 Å².